The van der Waals surface area contributed by atoms with E-state index >= 15 is 0 Å². The molecular formula is C11H17N3O2. The lowest BCUT2D eigenvalue weighted by Crippen LogP contribution is -2.22. The molecule has 1 aromatic heterocycles. The summed E-state index contributed by atoms with van der Waals surface area (Å²) < 4.78 is 0. The summed E-state index contributed by atoms with van der Waals surface area (Å²) in [5.41, 5.74) is 0.960. The number of anilines is 1. The Bertz CT molecular complexity index is 355. The monoisotopic (exact) mass is 223 g/mol. The van der Waals surface area contributed by atoms with Crippen molar-refractivity contribution in [3.63, 3.8) is 0 Å². The minimum Gasteiger partial charge on any atom is -0.477 e. The van der Waals surface area contributed by atoms with Crippen molar-refractivity contribution in [2.45, 2.75) is 6.42 Å². The van der Waals surface area contributed by atoms with Crippen molar-refractivity contribution in [2.24, 2.45) is 0 Å². The van der Waals surface area contributed by atoms with Gasteiger partial charge in [-0.15, -0.1) is 0 Å². The van der Waals surface area contributed by atoms with E-state index in [9.17, 15) is 4.79 Å². The van der Waals surface area contributed by atoms with Crippen LogP contribution in [-0.2, 0) is 0 Å². The first-order chi connectivity index (χ1) is 7.65. The number of carbonyl (C=O) groups is 1. The largest absolute Gasteiger partial charge is 0.477 e. The Morgan fingerprint density at radius 2 is 2.38 bits per heavy atom. The summed E-state index contributed by atoms with van der Waals surface area (Å²) >= 11 is 0. The van der Waals surface area contributed by atoms with E-state index in [1.54, 1.807) is 6.07 Å². The summed E-state index contributed by atoms with van der Waals surface area (Å²) in [6.45, 7) is 1.82. The second-order valence-corrected chi connectivity index (χ2v) is 3.58. The highest BCUT2D eigenvalue weighted by Gasteiger charge is 2.07. The van der Waals surface area contributed by atoms with Crippen LogP contribution < -0.4 is 10.2 Å². The molecule has 1 heterocycles. The molecule has 0 atom stereocenters. The third kappa shape index (κ3) is 3.51. The molecule has 0 radical (unpaired) electrons. The van der Waals surface area contributed by atoms with Crippen molar-refractivity contribution in [3.05, 3.63) is 24.0 Å². The van der Waals surface area contributed by atoms with E-state index in [-0.39, 0.29) is 5.69 Å². The first-order valence-corrected chi connectivity index (χ1v) is 5.20. The van der Waals surface area contributed by atoms with Crippen molar-refractivity contribution >= 4 is 11.7 Å². The molecule has 0 aliphatic heterocycles. The van der Waals surface area contributed by atoms with Crippen LogP contribution in [0.15, 0.2) is 18.3 Å². The molecule has 0 bridgehead atoms. The molecule has 5 heteroatoms. The molecule has 0 saturated heterocycles. The number of rotatable bonds is 6. The number of nitrogens with zero attached hydrogens (tertiary/aromatic N) is 2. The van der Waals surface area contributed by atoms with Gasteiger partial charge >= 0.3 is 5.97 Å². The Hall–Kier alpha value is -1.62. The van der Waals surface area contributed by atoms with Crippen molar-refractivity contribution < 1.29 is 9.90 Å². The maximum absolute atomic E-state index is 10.7. The normalized spacial score (nSPS) is 10.1. The molecule has 0 amide bonds. The third-order valence-corrected chi connectivity index (χ3v) is 2.32. The van der Waals surface area contributed by atoms with Crippen LogP contribution in [0.2, 0.25) is 0 Å². The van der Waals surface area contributed by atoms with E-state index in [2.05, 4.69) is 10.3 Å². The van der Waals surface area contributed by atoms with E-state index in [1.165, 1.54) is 6.20 Å². The number of carboxylic acid groups (broad SMARTS) is 1. The van der Waals surface area contributed by atoms with Gasteiger partial charge in [0.05, 0.1) is 0 Å². The van der Waals surface area contributed by atoms with E-state index in [0.717, 1.165) is 25.2 Å². The standard InChI is InChI=1S/C11H17N3O2/c1-12-5-3-7-14(2)9-4-6-13-10(8-9)11(15)16/h4,6,8,12H,3,5,7H2,1-2H3,(H,15,16). The lowest BCUT2D eigenvalue weighted by molar-refractivity contribution is 0.0690. The van der Waals surface area contributed by atoms with Crippen LogP contribution in [-0.4, -0.2) is 43.2 Å². The number of hydrogen-bond donors (Lipinski definition) is 2. The summed E-state index contributed by atoms with van der Waals surface area (Å²) in [4.78, 5) is 16.5. The molecule has 1 rings (SSSR count). The molecule has 0 fully saturated rings. The number of carboxylic acids is 1. The fourth-order valence-electron chi connectivity index (χ4n) is 1.40. The van der Waals surface area contributed by atoms with E-state index < -0.39 is 5.97 Å². The zero-order valence-electron chi connectivity index (χ0n) is 9.60. The van der Waals surface area contributed by atoms with Crippen LogP contribution in [0.5, 0.6) is 0 Å². The van der Waals surface area contributed by atoms with Gasteiger partial charge in [-0.05, 0) is 32.1 Å². The number of nitrogens with one attached hydrogen (secondary N) is 1. The summed E-state index contributed by atoms with van der Waals surface area (Å²) in [6, 6.07) is 3.40. The van der Waals surface area contributed by atoms with Gasteiger partial charge in [0.2, 0.25) is 0 Å². The van der Waals surface area contributed by atoms with Crippen LogP contribution in [0.1, 0.15) is 16.9 Å². The number of pyridine rings is 1. The second kappa shape index (κ2) is 6.07. The van der Waals surface area contributed by atoms with Crippen LogP contribution in [0.4, 0.5) is 5.69 Å². The maximum Gasteiger partial charge on any atom is 0.354 e. The van der Waals surface area contributed by atoms with Crippen molar-refractivity contribution in [3.8, 4) is 0 Å². The van der Waals surface area contributed by atoms with Crippen LogP contribution in [0.3, 0.4) is 0 Å². The maximum atomic E-state index is 10.7. The van der Waals surface area contributed by atoms with Gasteiger partial charge in [-0.1, -0.05) is 0 Å². The van der Waals surface area contributed by atoms with Gasteiger partial charge in [0, 0.05) is 25.5 Å². The zero-order chi connectivity index (χ0) is 12.0. The van der Waals surface area contributed by atoms with Gasteiger partial charge < -0.3 is 15.3 Å². The summed E-state index contributed by atoms with van der Waals surface area (Å²) in [5, 5.41) is 11.9. The first-order valence-electron chi connectivity index (χ1n) is 5.20. The van der Waals surface area contributed by atoms with Crippen LogP contribution >= 0.6 is 0 Å². The molecule has 88 valence electrons. The van der Waals surface area contributed by atoms with Crippen molar-refractivity contribution in [2.75, 3.05) is 32.1 Å². The Morgan fingerprint density at radius 1 is 1.62 bits per heavy atom. The van der Waals surface area contributed by atoms with Crippen molar-refractivity contribution in [1.29, 1.82) is 0 Å². The molecule has 0 aromatic carbocycles. The van der Waals surface area contributed by atoms with E-state index in [1.807, 2.05) is 25.1 Å². The summed E-state index contributed by atoms with van der Waals surface area (Å²) in [5.74, 6) is -0.995. The molecule has 16 heavy (non-hydrogen) atoms. The second-order valence-electron chi connectivity index (χ2n) is 3.58. The van der Waals surface area contributed by atoms with Gasteiger partial charge in [0.15, 0.2) is 0 Å². The molecule has 1 aromatic rings. The minimum atomic E-state index is -0.995. The Labute approximate surface area is 95.1 Å². The van der Waals surface area contributed by atoms with E-state index in [0.29, 0.717) is 0 Å². The fraction of sp³-hybridized carbons (Fsp3) is 0.455. The zero-order valence-corrected chi connectivity index (χ0v) is 9.60. The average Bonchev–Trinajstić information content (AvgIpc) is 2.29. The lowest BCUT2D eigenvalue weighted by Gasteiger charge is -2.19. The predicted octanol–water partition coefficient (Wildman–Crippen LogP) is 0.825. The van der Waals surface area contributed by atoms with E-state index in [4.69, 9.17) is 5.11 Å². The Balaban J connectivity index is 2.64. The molecule has 0 spiro atoms. The van der Waals surface area contributed by atoms with Gasteiger partial charge in [-0.25, -0.2) is 9.78 Å². The lowest BCUT2D eigenvalue weighted by atomic mass is 10.3. The highest BCUT2D eigenvalue weighted by Crippen LogP contribution is 2.12. The fourth-order valence-corrected chi connectivity index (χ4v) is 1.40. The number of aromatic nitrogens is 1. The number of hydrogen-bond acceptors (Lipinski definition) is 4. The topological polar surface area (TPSA) is 65.5 Å². The van der Waals surface area contributed by atoms with Crippen LogP contribution in [0.25, 0.3) is 0 Å². The molecule has 5 nitrogen and oxygen atoms in total. The molecule has 2 N–H and O–H groups in total. The predicted molar refractivity (Wildman–Crippen MR) is 63.0 cm³/mol. The van der Waals surface area contributed by atoms with Gasteiger partial charge in [0.25, 0.3) is 0 Å². The average molecular weight is 223 g/mol. The molecule has 0 aliphatic carbocycles. The smallest absolute Gasteiger partial charge is 0.354 e. The minimum absolute atomic E-state index is 0.0815. The Kier molecular flexibility index (Phi) is 4.72. The van der Waals surface area contributed by atoms with Gasteiger partial charge in [-0.3, -0.25) is 0 Å². The third-order valence-electron chi connectivity index (χ3n) is 2.32. The molecule has 0 aliphatic rings. The first kappa shape index (κ1) is 12.4. The molecule has 0 saturated carbocycles. The SMILES string of the molecule is CNCCCN(C)c1ccnc(C(=O)O)c1. The van der Waals surface area contributed by atoms with Gasteiger partial charge in [-0.2, -0.15) is 0 Å². The Morgan fingerprint density at radius 3 is 3.00 bits per heavy atom. The molecule has 0 unspecified atom stereocenters. The number of aromatic carboxylic acids is 1. The summed E-state index contributed by atoms with van der Waals surface area (Å²) in [7, 11) is 3.85. The van der Waals surface area contributed by atoms with Gasteiger partial charge in [0.1, 0.15) is 5.69 Å². The highest BCUT2D eigenvalue weighted by atomic mass is 16.4. The van der Waals surface area contributed by atoms with Crippen molar-refractivity contribution in [1.82, 2.24) is 10.3 Å². The highest BCUT2D eigenvalue weighted by molar-refractivity contribution is 5.86. The molecular weight excluding hydrogens is 206 g/mol. The van der Waals surface area contributed by atoms with Crippen LogP contribution in [0, 0.1) is 0 Å². The quantitative estimate of drug-likeness (QED) is 0.699. The summed E-state index contributed by atoms with van der Waals surface area (Å²) in [6.07, 6.45) is 2.53.